The van der Waals surface area contributed by atoms with Gasteiger partial charge < -0.3 is 5.32 Å². The molecule has 1 N–H and O–H groups in total. The normalized spacial score (nSPS) is 11.8. The van der Waals surface area contributed by atoms with Crippen molar-refractivity contribution in [1.82, 2.24) is 9.25 Å². The van der Waals surface area contributed by atoms with Gasteiger partial charge in [0, 0.05) is 13.5 Å². The van der Waals surface area contributed by atoms with Gasteiger partial charge in [0.15, 0.2) is 0 Å². The summed E-state index contributed by atoms with van der Waals surface area (Å²) in [5, 5.41) is 2.49. The lowest BCUT2D eigenvalue weighted by Crippen LogP contribution is -2.37. The summed E-state index contributed by atoms with van der Waals surface area (Å²) in [7, 11) is 1.57. The largest absolute Gasteiger partial charge is 0.359 e. The van der Waals surface area contributed by atoms with Crippen molar-refractivity contribution in [1.29, 1.82) is 0 Å². The van der Waals surface area contributed by atoms with Gasteiger partial charge in [-0.05, 0) is 37.4 Å². The minimum absolute atomic E-state index is 0.0821. The molecule has 66 valence electrons. The highest BCUT2D eigenvalue weighted by molar-refractivity contribution is 6.34. The molecule has 0 radical (unpaired) electrons. The van der Waals surface area contributed by atoms with Crippen LogP contribution in [0.1, 0.15) is 20.3 Å². The highest BCUT2D eigenvalue weighted by Crippen LogP contribution is 2.22. The predicted molar refractivity (Wildman–Crippen MR) is 46.3 cm³/mol. The van der Waals surface area contributed by atoms with Crippen LogP contribution in [-0.2, 0) is 4.79 Å². The van der Waals surface area contributed by atoms with Crippen molar-refractivity contribution in [2.24, 2.45) is 0 Å². The molecule has 11 heavy (non-hydrogen) atoms. The predicted octanol–water partition coefficient (Wildman–Crippen LogP) is 1.51. The molecular formula is C6H12Cl2N2O. The molecule has 0 aliphatic rings. The Hall–Kier alpha value is 0.01000. The first-order chi connectivity index (χ1) is 4.90. The molecule has 0 saturated carbocycles. The first-order valence-corrected chi connectivity index (χ1v) is 3.90. The van der Waals surface area contributed by atoms with Gasteiger partial charge in [-0.1, -0.05) is 0 Å². The van der Waals surface area contributed by atoms with Crippen molar-refractivity contribution in [3.05, 3.63) is 0 Å². The number of hydrogen-bond donors (Lipinski definition) is 1. The number of amides is 1. The molecule has 0 saturated heterocycles. The van der Waals surface area contributed by atoms with Crippen LogP contribution in [0.4, 0.5) is 0 Å². The minimum atomic E-state index is -0.525. The Balaban J connectivity index is 4.01. The Morgan fingerprint density at radius 2 is 2.00 bits per heavy atom. The number of carbonyl (C=O) groups is 1. The van der Waals surface area contributed by atoms with E-state index >= 15 is 0 Å². The topological polar surface area (TPSA) is 32.3 Å². The Morgan fingerprint density at radius 1 is 1.55 bits per heavy atom. The monoisotopic (exact) mass is 198 g/mol. The van der Waals surface area contributed by atoms with Crippen LogP contribution >= 0.6 is 23.6 Å². The number of carbonyl (C=O) groups excluding carboxylic acids is 1. The van der Waals surface area contributed by atoms with Gasteiger partial charge in [0.25, 0.3) is 0 Å². The molecule has 0 aromatic rings. The third-order valence-electron chi connectivity index (χ3n) is 1.33. The maximum absolute atomic E-state index is 10.9. The summed E-state index contributed by atoms with van der Waals surface area (Å²) in [4.78, 5) is 10.9. The first kappa shape index (κ1) is 11.0. The SMILES string of the molecule is CNC(=O)CC(C)(C)N(Cl)Cl. The summed E-state index contributed by atoms with van der Waals surface area (Å²) in [5.41, 5.74) is -0.525. The van der Waals surface area contributed by atoms with Gasteiger partial charge in [-0.3, -0.25) is 4.79 Å². The lowest BCUT2D eigenvalue weighted by atomic mass is 10.0. The molecule has 0 fully saturated rings. The molecule has 5 heteroatoms. The molecule has 0 spiro atoms. The van der Waals surface area contributed by atoms with E-state index in [0.717, 1.165) is 3.94 Å². The van der Waals surface area contributed by atoms with Crippen molar-refractivity contribution >= 4 is 29.5 Å². The van der Waals surface area contributed by atoms with Gasteiger partial charge in [-0.25, -0.2) is 0 Å². The summed E-state index contributed by atoms with van der Waals surface area (Å²) in [6.45, 7) is 3.56. The van der Waals surface area contributed by atoms with Gasteiger partial charge in [-0.15, -0.1) is 3.94 Å². The maximum atomic E-state index is 10.9. The molecule has 0 bridgehead atoms. The molecule has 3 nitrogen and oxygen atoms in total. The highest BCUT2D eigenvalue weighted by Gasteiger charge is 2.27. The number of halogens is 2. The van der Waals surface area contributed by atoms with E-state index < -0.39 is 5.54 Å². The molecule has 0 unspecified atom stereocenters. The van der Waals surface area contributed by atoms with Crippen LogP contribution in [0, 0.1) is 0 Å². The average molecular weight is 199 g/mol. The summed E-state index contributed by atoms with van der Waals surface area (Å²) >= 11 is 11.0. The van der Waals surface area contributed by atoms with E-state index in [1.807, 2.05) is 0 Å². The molecule has 0 rings (SSSR count). The lowest BCUT2D eigenvalue weighted by Gasteiger charge is -2.26. The van der Waals surface area contributed by atoms with Gasteiger partial charge in [-0.2, -0.15) is 0 Å². The van der Waals surface area contributed by atoms with Crippen LogP contribution in [0.15, 0.2) is 0 Å². The fourth-order valence-corrected chi connectivity index (χ4v) is 0.661. The average Bonchev–Trinajstić information content (AvgIpc) is 1.86. The summed E-state index contributed by atoms with van der Waals surface area (Å²) in [6.07, 6.45) is 0.274. The van der Waals surface area contributed by atoms with Gasteiger partial charge >= 0.3 is 0 Å². The summed E-state index contributed by atoms with van der Waals surface area (Å²) < 4.78 is 0.988. The first-order valence-electron chi connectivity index (χ1n) is 3.22. The van der Waals surface area contributed by atoms with Crippen LogP contribution in [0.25, 0.3) is 0 Å². The Bertz CT molecular complexity index is 148. The van der Waals surface area contributed by atoms with Crippen LogP contribution in [-0.4, -0.2) is 22.4 Å². The Morgan fingerprint density at radius 3 is 2.27 bits per heavy atom. The van der Waals surface area contributed by atoms with Crippen LogP contribution in [0.5, 0.6) is 0 Å². The lowest BCUT2D eigenvalue weighted by molar-refractivity contribution is -0.122. The second kappa shape index (κ2) is 4.14. The summed E-state index contributed by atoms with van der Waals surface area (Å²) in [6, 6.07) is 0. The molecule has 1 amide bonds. The van der Waals surface area contributed by atoms with Gasteiger partial charge in [0.05, 0.1) is 5.54 Å². The van der Waals surface area contributed by atoms with E-state index in [0.29, 0.717) is 0 Å². The van der Waals surface area contributed by atoms with Gasteiger partial charge in [0.1, 0.15) is 0 Å². The van der Waals surface area contributed by atoms with E-state index in [-0.39, 0.29) is 12.3 Å². The smallest absolute Gasteiger partial charge is 0.221 e. The zero-order valence-electron chi connectivity index (χ0n) is 6.82. The molecule has 0 aliphatic carbocycles. The molecule has 0 aromatic carbocycles. The van der Waals surface area contributed by atoms with Crippen molar-refractivity contribution < 1.29 is 4.79 Å². The molecular weight excluding hydrogens is 187 g/mol. The minimum Gasteiger partial charge on any atom is -0.359 e. The number of rotatable bonds is 3. The fourth-order valence-electron chi connectivity index (χ4n) is 0.541. The number of nitrogens with zero attached hydrogens (tertiary/aromatic N) is 1. The fraction of sp³-hybridized carbons (Fsp3) is 0.833. The zero-order valence-corrected chi connectivity index (χ0v) is 8.33. The standard InChI is InChI=1S/C6H12Cl2N2O/c1-6(2,10(7)8)4-5(11)9-3/h4H2,1-3H3,(H,9,11). The van der Waals surface area contributed by atoms with Gasteiger partial charge in [0.2, 0.25) is 5.91 Å². The summed E-state index contributed by atoms with van der Waals surface area (Å²) in [5.74, 6) is -0.0821. The molecule has 0 heterocycles. The van der Waals surface area contributed by atoms with E-state index in [1.165, 1.54) is 0 Å². The second-order valence-electron chi connectivity index (χ2n) is 2.90. The van der Waals surface area contributed by atoms with Crippen molar-refractivity contribution in [2.75, 3.05) is 7.05 Å². The number of hydrogen-bond acceptors (Lipinski definition) is 2. The number of nitrogens with one attached hydrogen (secondary N) is 1. The zero-order chi connectivity index (χ0) is 9.07. The van der Waals surface area contributed by atoms with Crippen molar-refractivity contribution in [2.45, 2.75) is 25.8 Å². The Kier molecular flexibility index (Phi) is 4.14. The highest BCUT2D eigenvalue weighted by atomic mass is 35.5. The Labute approximate surface area is 76.9 Å². The van der Waals surface area contributed by atoms with Crippen LogP contribution < -0.4 is 5.32 Å². The quantitative estimate of drug-likeness (QED) is 0.698. The van der Waals surface area contributed by atoms with Crippen molar-refractivity contribution in [3.63, 3.8) is 0 Å². The molecule has 0 aromatic heterocycles. The maximum Gasteiger partial charge on any atom is 0.221 e. The van der Waals surface area contributed by atoms with E-state index in [4.69, 9.17) is 23.6 Å². The van der Waals surface area contributed by atoms with Crippen molar-refractivity contribution in [3.8, 4) is 0 Å². The third-order valence-corrected chi connectivity index (χ3v) is 2.24. The third kappa shape index (κ3) is 3.79. The second-order valence-corrected chi connectivity index (χ2v) is 3.74. The van der Waals surface area contributed by atoms with E-state index in [1.54, 1.807) is 20.9 Å². The molecule has 0 atom stereocenters. The van der Waals surface area contributed by atoms with Crippen LogP contribution in [0.2, 0.25) is 0 Å². The van der Waals surface area contributed by atoms with Crippen LogP contribution in [0.3, 0.4) is 0 Å². The van der Waals surface area contributed by atoms with E-state index in [2.05, 4.69) is 5.32 Å². The van der Waals surface area contributed by atoms with E-state index in [9.17, 15) is 4.79 Å². The molecule has 0 aliphatic heterocycles.